The first kappa shape index (κ1) is 27.1. The molecule has 2 aromatic heterocycles. The second kappa shape index (κ2) is 13.5. The summed E-state index contributed by atoms with van der Waals surface area (Å²) < 4.78 is 12.5. The number of aryl methyl sites for hydroxylation is 1. The largest absolute Gasteiger partial charge is 0.494 e. The van der Waals surface area contributed by atoms with E-state index in [2.05, 4.69) is 22.0 Å². The lowest BCUT2D eigenvalue weighted by atomic mass is 10.1. The Balaban J connectivity index is 1.28. The van der Waals surface area contributed by atoms with Gasteiger partial charge in [-0.15, -0.1) is 0 Å². The summed E-state index contributed by atoms with van der Waals surface area (Å²) in [4.78, 5) is 30.4. The minimum atomic E-state index is -0.316. The Kier molecular flexibility index (Phi) is 9.65. The zero-order valence-electron chi connectivity index (χ0n) is 22.1. The summed E-state index contributed by atoms with van der Waals surface area (Å²) in [5, 5.41) is 0.991. The first-order valence-corrected chi connectivity index (χ1v) is 13.0. The van der Waals surface area contributed by atoms with Gasteiger partial charge in [0.25, 0.3) is 5.56 Å². The van der Waals surface area contributed by atoms with Gasteiger partial charge in [-0.05, 0) is 85.8 Å². The monoisotopic (exact) mass is 513 g/mol. The highest BCUT2D eigenvalue weighted by atomic mass is 16.5. The van der Waals surface area contributed by atoms with Crippen LogP contribution in [0.3, 0.4) is 0 Å². The molecule has 7 nitrogen and oxygen atoms in total. The number of ether oxygens (including phenoxy) is 2. The number of pyridine rings is 2. The molecule has 0 aliphatic rings. The number of fused-ring (bicyclic) bond motifs is 1. The molecule has 0 unspecified atom stereocenters. The quantitative estimate of drug-likeness (QED) is 0.185. The SMILES string of the molecule is COC(=O)c1cccc(CN(CCCCCOc2ccc3c(ccc(=O)n3C)c2)CCc2cccnc2)c1. The van der Waals surface area contributed by atoms with Gasteiger partial charge in [0, 0.05) is 44.0 Å². The van der Waals surface area contributed by atoms with Crippen molar-refractivity contribution in [3.8, 4) is 5.75 Å². The van der Waals surface area contributed by atoms with E-state index in [1.807, 2.05) is 48.7 Å². The van der Waals surface area contributed by atoms with Crippen LogP contribution in [-0.2, 0) is 24.8 Å². The van der Waals surface area contributed by atoms with Gasteiger partial charge in [-0.2, -0.15) is 0 Å². The number of carbonyl (C=O) groups is 1. The summed E-state index contributed by atoms with van der Waals surface area (Å²) in [6.07, 6.45) is 7.68. The van der Waals surface area contributed by atoms with E-state index in [4.69, 9.17) is 9.47 Å². The van der Waals surface area contributed by atoms with Gasteiger partial charge in [-0.25, -0.2) is 4.79 Å². The fourth-order valence-electron chi connectivity index (χ4n) is 4.53. The van der Waals surface area contributed by atoms with Crippen LogP contribution in [0.25, 0.3) is 10.9 Å². The third-order valence-electron chi connectivity index (χ3n) is 6.68. The van der Waals surface area contributed by atoms with Crippen molar-refractivity contribution in [1.82, 2.24) is 14.5 Å². The topological polar surface area (TPSA) is 73.7 Å². The van der Waals surface area contributed by atoms with Crippen LogP contribution in [0, 0.1) is 0 Å². The molecule has 0 radical (unpaired) electrons. The normalized spacial score (nSPS) is 11.1. The Hall–Kier alpha value is -3.97. The summed E-state index contributed by atoms with van der Waals surface area (Å²) in [5.41, 5.74) is 3.76. The summed E-state index contributed by atoms with van der Waals surface area (Å²) in [6, 6.07) is 21.0. The van der Waals surface area contributed by atoms with Crippen LogP contribution in [0.5, 0.6) is 5.75 Å². The van der Waals surface area contributed by atoms with Crippen LogP contribution in [0.4, 0.5) is 0 Å². The number of methoxy groups -OCH3 is 1. The molecule has 2 heterocycles. The molecule has 7 heteroatoms. The number of hydrogen-bond acceptors (Lipinski definition) is 6. The Morgan fingerprint density at radius 2 is 1.82 bits per heavy atom. The lowest BCUT2D eigenvalue weighted by Gasteiger charge is -2.23. The van der Waals surface area contributed by atoms with Crippen LogP contribution < -0.4 is 10.3 Å². The molecular weight excluding hydrogens is 478 g/mol. The third kappa shape index (κ3) is 7.52. The summed E-state index contributed by atoms with van der Waals surface area (Å²) in [6.45, 7) is 3.27. The molecule has 4 aromatic rings. The van der Waals surface area contributed by atoms with Gasteiger partial charge in [-0.1, -0.05) is 18.2 Å². The maximum atomic E-state index is 12.0. The number of rotatable bonds is 13. The van der Waals surface area contributed by atoms with Gasteiger partial charge in [0.2, 0.25) is 0 Å². The highest BCUT2D eigenvalue weighted by molar-refractivity contribution is 5.89. The molecule has 0 saturated carbocycles. The molecule has 0 bridgehead atoms. The van der Waals surface area contributed by atoms with Gasteiger partial charge in [0.15, 0.2) is 0 Å². The molecule has 0 atom stereocenters. The van der Waals surface area contributed by atoms with E-state index in [1.165, 1.54) is 12.7 Å². The Labute approximate surface area is 223 Å². The Morgan fingerprint density at radius 1 is 0.947 bits per heavy atom. The smallest absolute Gasteiger partial charge is 0.337 e. The predicted octanol–water partition coefficient (Wildman–Crippen LogP) is 5.01. The van der Waals surface area contributed by atoms with E-state index in [0.29, 0.717) is 12.2 Å². The zero-order valence-corrected chi connectivity index (χ0v) is 22.1. The molecule has 0 amide bonds. The second-order valence-electron chi connectivity index (χ2n) is 9.44. The molecular formula is C31H35N3O4. The summed E-state index contributed by atoms with van der Waals surface area (Å²) in [7, 11) is 3.18. The maximum absolute atomic E-state index is 12.0. The lowest BCUT2D eigenvalue weighted by molar-refractivity contribution is 0.0600. The zero-order chi connectivity index (χ0) is 26.7. The molecule has 0 spiro atoms. The second-order valence-corrected chi connectivity index (χ2v) is 9.44. The lowest BCUT2D eigenvalue weighted by Crippen LogP contribution is -2.27. The number of nitrogens with zero attached hydrogens (tertiary/aromatic N) is 3. The summed E-state index contributed by atoms with van der Waals surface area (Å²) in [5.74, 6) is 0.504. The number of unbranched alkanes of at least 4 members (excludes halogenated alkanes) is 2. The van der Waals surface area contributed by atoms with E-state index < -0.39 is 0 Å². The molecule has 38 heavy (non-hydrogen) atoms. The van der Waals surface area contributed by atoms with E-state index in [1.54, 1.807) is 29.9 Å². The molecule has 0 aliphatic carbocycles. The highest BCUT2D eigenvalue weighted by Gasteiger charge is 2.10. The first-order chi connectivity index (χ1) is 18.5. The average Bonchev–Trinajstić information content (AvgIpc) is 2.95. The highest BCUT2D eigenvalue weighted by Crippen LogP contribution is 2.20. The van der Waals surface area contributed by atoms with E-state index in [9.17, 15) is 9.59 Å². The van der Waals surface area contributed by atoms with Crippen molar-refractivity contribution in [3.63, 3.8) is 0 Å². The third-order valence-corrected chi connectivity index (χ3v) is 6.68. The molecule has 0 fully saturated rings. The van der Waals surface area contributed by atoms with Crippen molar-refractivity contribution in [2.24, 2.45) is 7.05 Å². The van der Waals surface area contributed by atoms with Gasteiger partial charge in [0.1, 0.15) is 5.75 Å². The van der Waals surface area contributed by atoms with Crippen LogP contribution in [0.15, 0.2) is 83.9 Å². The summed E-state index contributed by atoms with van der Waals surface area (Å²) >= 11 is 0. The minimum Gasteiger partial charge on any atom is -0.494 e. The van der Waals surface area contributed by atoms with Crippen LogP contribution >= 0.6 is 0 Å². The maximum Gasteiger partial charge on any atom is 0.337 e. The van der Waals surface area contributed by atoms with Gasteiger partial charge < -0.3 is 14.0 Å². The van der Waals surface area contributed by atoms with Crippen LogP contribution in [0.1, 0.15) is 40.7 Å². The van der Waals surface area contributed by atoms with Gasteiger partial charge >= 0.3 is 5.97 Å². The number of benzene rings is 2. The number of esters is 1. The van der Waals surface area contributed by atoms with Crippen molar-refractivity contribution in [3.05, 3.63) is 106 Å². The fourth-order valence-corrected chi connectivity index (χ4v) is 4.53. The first-order valence-electron chi connectivity index (χ1n) is 13.0. The van der Waals surface area contributed by atoms with Gasteiger partial charge in [0.05, 0.1) is 24.8 Å². The fraction of sp³-hybridized carbons (Fsp3) is 0.323. The van der Waals surface area contributed by atoms with Crippen molar-refractivity contribution in [1.29, 1.82) is 0 Å². The Bertz CT molecular complexity index is 1400. The van der Waals surface area contributed by atoms with Crippen molar-refractivity contribution in [2.75, 3.05) is 26.8 Å². The Morgan fingerprint density at radius 3 is 2.63 bits per heavy atom. The number of aromatic nitrogens is 2. The molecule has 0 saturated heterocycles. The average molecular weight is 514 g/mol. The molecule has 4 rings (SSSR count). The van der Waals surface area contributed by atoms with Crippen molar-refractivity contribution < 1.29 is 14.3 Å². The molecule has 198 valence electrons. The van der Waals surface area contributed by atoms with E-state index >= 15 is 0 Å². The molecule has 2 aromatic carbocycles. The number of hydrogen-bond donors (Lipinski definition) is 0. The number of carbonyl (C=O) groups excluding carboxylic acids is 1. The predicted molar refractivity (Wildman–Crippen MR) is 150 cm³/mol. The standard InChI is InChI=1S/C31H35N3O4/c1-33-29-13-12-28(21-26(29)11-14-30(33)35)38-19-5-3-4-17-34(18-15-24-9-7-16-32-22-24)23-25-8-6-10-27(20-25)31(36)37-2/h6-14,16,20-22H,3-5,15,17-19,23H2,1-2H3. The van der Waals surface area contributed by atoms with Crippen LogP contribution in [0.2, 0.25) is 0 Å². The van der Waals surface area contributed by atoms with E-state index in [0.717, 1.165) is 67.5 Å². The van der Waals surface area contributed by atoms with E-state index in [-0.39, 0.29) is 11.5 Å². The minimum absolute atomic E-state index is 0.0168. The van der Waals surface area contributed by atoms with Crippen LogP contribution in [-0.4, -0.2) is 47.2 Å². The molecule has 0 N–H and O–H groups in total. The van der Waals surface area contributed by atoms with Crippen molar-refractivity contribution >= 4 is 16.9 Å². The van der Waals surface area contributed by atoms with Gasteiger partial charge in [-0.3, -0.25) is 14.7 Å². The molecule has 0 aliphatic heterocycles. The van der Waals surface area contributed by atoms with Crippen molar-refractivity contribution in [2.45, 2.75) is 32.2 Å².